The van der Waals surface area contributed by atoms with Crippen LogP contribution in [0.25, 0.3) is 0 Å². The number of hydrogen-bond donors (Lipinski definition) is 3. The zero-order valence-corrected chi connectivity index (χ0v) is 19.8. The number of nitrogens with one attached hydrogen (secondary N) is 3. The van der Waals surface area contributed by atoms with Crippen LogP contribution >= 0.6 is 0 Å². The second-order valence-corrected chi connectivity index (χ2v) is 9.38. The van der Waals surface area contributed by atoms with Crippen LogP contribution in [-0.2, 0) is 23.1 Å². The molecule has 180 valence electrons. The molecule has 35 heavy (non-hydrogen) atoms. The van der Waals surface area contributed by atoms with Gasteiger partial charge >= 0.3 is 6.03 Å². The molecule has 9 nitrogen and oxygen atoms in total. The number of hydrogen-bond acceptors (Lipinski definition) is 5. The quantitative estimate of drug-likeness (QED) is 0.327. The Morgan fingerprint density at radius 1 is 0.914 bits per heavy atom. The van der Waals surface area contributed by atoms with Gasteiger partial charge in [0.2, 0.25) is 0 Å². The van der Waals surface area contributed by atoms with Gasteiger partial charge in [-0.05, 0) is 54.1 Å². The molecule has 4 rings (SSSR count). The number of ether oxygens (including phenoxy) is 1. The molecule has 0 saturated carbocycles. The number of benzene rings is 3. The first-order chi connectivity index (χ1) is 16.9. The van der Waals surface area contributed by atoms with Crippen molar-refractivity contribution in [3.8, 4) is 5.75 Å². The average molecular weight is 492 g/mol. The maximum absolute atomic E-state index is 12.4. The van der Waals surface area contributed by atoms with Crippen molar-refractivity contribution in [3.05, 3.63) is 102 Å². The van der Waals surface area contributed by atoms with E-state index in [0.29, 0.717) is 24.5 Å². The molecule has 4 aromatic rings. The predicted octanol–water partition coefficient (Wildman–Crippen LogP) is 4.06. The van der Waals surface area contributed by atoms with Crippen molar-refractivity contribution in [2.24, 2.45) is 0 Å². The number of anilines is 2. The monoisotopic (exact) mass is 491 g/mol. The van der Waals surface area contributed by atoms with Crippen molar-refractivity contribution in [2.45, 2.75) is 18.0 Å². The smallest absolute Gasteiger partial charge is 0.319 e. The third-order valence-corrected chi connectivity index (χ3v) is 6.49. The standard InChI is InChI=1S/C25H25N5O4S/c1-34-23-13-7-19(8-14-23)17-30-18-20(16-27-30)15-26-25(31)28-21-9-11-22(12-10-21)29-35(32,33)24-5-3-2-4-6-24/h2-14,16,18,29H,15,17H2,1H3,(H2,26,28,31). The average Bonchev–Trinajstić information content (AvgIpc) is 3.32. The van der Waals surface area contributed by atoms with Crippen molar-refractivity contribution < 1.29 is 17.9 Å². The second-order valence-electron chi connectivity index (χ2n) is 7.70. The van der Waals surface area contributed by atoms with Gasteiger partial charge in [-0.1, -0.05) is 30.3 Å². The zero-order valence-electron chi connectivity index (χ0n) is 19.0. The first-order valence-corrected chi connectivity index (χ1v) is 12.3. The minimum atomic E-state index is -3.67. The molecule has 0 atom stereocenters. The Morgan fingerprint density at radius 2 is 1.60 bits per heavy atom. The zero-order chi connectivity index (χ0) is 24.7. The number of rotatable bonds is 9. The van der Waals surface area contributed by atoms with E-state index in [2.05, 4.69) is 20.5 Å². The molecule has 0 fully saturated rings. The summed E-state index contributed by atoms with van der Waals surface area (Å²) in [5, 5.41) is 9.84. The summed E-state index contributed by atoms with van der Waals surface area (Å²) in [5.41, 5.74) is 2.87. The van der Waals surface area contributed by atoms with Crippen LogP contribution in [0.5, 0.6) is 5.75 Å². The molecule has 0 bridgehead atoms. The molecular weight excluding hydrogens is 466 g/mol. The molecule has 0 aliphatic heterocycles. The lowest BCUT2D eigenvalue weighted by molar-refractivity contribution is 0.251. The van der Waals surface area contributed by atoms with Gasteiger partial charge in [0, 0.05) is 29.7 Å². The van der Waals surface area contributed by atoms with Crippen LogP contribution in [0.15, 0.2) is 96.2 Å². The molecule has 0 unspecified atom stereocenters. The van der Waals surface area contributed by atoms with Gasteiger partial charge in [-0.15, -0.1) is 0 Å². The summed E-state index contributed by atoms with van der Waals surface area (Å²) in [6.07, 6.45) is 3.58. The van der Waals surface area contributed by atoms with Crippen LogP contribution in [0, 0.1) is 0 Å². The van der Waals surface area contributed by atoms with E-state index in [0.717, 1.165) is 16.9 Å². The maximum Gasteiger partial charge on any atom is 0.319 e. The highest BCUT2D eigenvalue weighted by atomic mass is 32.2. The van der Waals surface area contributed by atoms with Crippen molar-refractivity contribution >= 4 is 27.4 Å². The van der Waals surface area contributed by atoms with Crippen LogP contribution in [0.1, 0.15) is 11.1 Å². The van der Waals surface area contributed by atoms with Gasteiger partial charge in [0.05, 0.1) is 24.7 Å². The molecule has 10 heteroatoms. The van der Waals surface area contributed by atoms with E-state index in [1.807, 2.05) is 30.5 Å². The Labute approximate surface area is 203 Å². The van der Waals surface area contributed by atoms with E-state index in [1.165, 1.54) is 12.1 Å². The fraction of sp³-hybridized carbons (Fsp3) is 0.120. The van der Waals surface area contributed by atoms with Crippen LogP contribution in [0.4, 0.5) is 16.2 Å². The Hall–Kier alpha value is -4.31. The van der Waals surface area contributed by atoms with E-state index in [4.69, 9.17) is 4.74 Å². The minimum absolute atomic E-state index is 0.175. The molecule has 0 aliphatic rings. The lowest BCUT2D eigenvalue weighted by Crippen LogP contribution is -2.28. The Kier molecular flexibility index (Phi) is 7.32. The van der Waals surface area contributed by atoms with Gasteiger partial charge in [-0.2, -0.15) is 5.10 Å². The van der Waals surface area contributed by atoms with Gasteiger partial charge in [0.25, 0.3) is 10.0 Å². The second kappa shape index (κ2) is 10.7. The molecule has 1 heterocycles. The molecule has 0 aliphatic carbocycles. The van der Waals surface area contributed by atoms with Gasteiger partial charge in [0.1, 0.15) is 5.75 Å². The predicted molar refractivity (Wildman–Crippen MR) is 134 cm³/mol. The first-order valence-electron chi connectivity index (χ1n) is 10.8. The molecule has 2 amide bonds. The van der Waals surface area contributed by atoms with Gasteiger partial charge in [-0.25, -0.2) is 13.2 Å². The molecule has 0 spiro atoms. The summed E-state index contributed by atoms with van der Waals surface area (Å²) in [7, 11) is -2.04. The number of sulfonamides is 1. The molecular formula is C25H25N5O4S. The topological polar surface area (TPSA) is 114 Å². The minimum Gasteiger partial charge on any atom is -0.497 e. The Balaban J connectivity index is 1.26. The number of methoxy groups -OCH3 is 1. The number of carbonyl (C=O) groups excluding carboxylic acids is 1. The summed E-state index contributed by atoms with van der Waals surface area (Å²) in [6.45, 7) is 0.917. The third kappa shape index (κ3) is 6.61. The van der Waals surface area contributed by atoms with E-state index in [-0.39, 0.29) is 10.9 Å². The van der Waals surface area contributed by atoms with Crippen molar-refractivity contribution in [1.29, 1.82) is 0 Å². The highest BCUT2D eigenvalue weighted by Gasteiger charge is 2.13. The molecule has 0 saturated heterocycles. The first kappa shape index (κ1) is 23.8. The summed E-state index contributed by atoms with van der Waals surface area (Å²) in [6, 6.07) is 21.9. The highest BCUT2D eigenvalue weighted by molar-refractivity contribution is 7.92. The number of aromatic nitrogens is 2. The highest BCUT2D eigenvalue weighted by Crippen LogP contribution is 2.18. The van der Waals surface area contributed by atoms with Crippen LogP contribution < -0.4 is 20.1 Å². The Bertz CT molecular complexity index is 1370. The fourth-order valence-corrected chi connectivity index (χ4v) is 4.37. The lowest BCUT2D eigenvalue weighted by Gasteiger charge is -2.10. The van der Waals surface area contributed by atoms with Crippen molar-refractivity contribution in [3.63, 3.8) is 0 Å². The summed E-state index contributed by atoms with van der Waals surface area (Å²) < 4.78 is 34.3. The molecule has 1 aromatic heterocycles. The molecule has 3 aromatic carbocycles. The number of urea groups is 1. The van der Waals surface area contributed by atoms with Gasteiger partial charge in [-0.3, -0.25) is 9.40 Å². The summed E-state index contributed by atoms with van der Waals surface area (Å²) in [5.74, 6) is 0.799. The SMILES string of the molecule is COc1ccc(Cn2cc(CNC(=O)Nc3ccc(NS(=O)(=O)c4ccccc4)cc3)cn2)cc1. The summed E-state index contributed by atoms with van der Waals surface area (Å²) in [4.78, 5) is 12.4. The van der Waals surface area contributed by atoms with Crippen LogP contribution in [0.3, 0.4) is 0 Å². The largest absolute Gasteiger partial charge is 0.497 e. The van der Waals surface area contributed by atoms with Crippen molar-refractivity contribution in [2.75, 3.05) is 17.1 Å². The number of amides is 2. The van der Waals surface area contributed by atoms with Crippen molar-refractivity contribution in [1.82, 2.24) is 15.1 Å². The number of carbonyl (C=O) groups is 1. The maximum atomic E-state index is 12.4. The van der Waals surface area contributed by atoms with Gasteiger partial charge in [0.15, 0.2) is 0 Å². The van der Waals surface area contributed by atoms with Gasteiger partial charge < -0.3 is 15.4 Å². The van der Waals surface area contributed by atoms with E-state index < -0.39 is 10.0 Å². The normalized spacial score (nSPS) is 11.0. The fourth-order valence-electron chi connectivity index (χ4n) is 3.30. The van der Waals surface area contributed by atoms with E-state index in [9.17, 15) is 13.2 Å². The molecule has 3 N–H and O–H groups in total. The Morgan fingerprint density at radius 3 is 2.29 bits per heavy atom. The van der Waals surface area contributed by atoms with Crippen LogP contribution in [0.2, 0.25) is 0 Å². The van der Waals surface area contributed by atoms with Crippen LogP contribution in [-0.4, -0.2) is 31.3 Å². The lowest BCUT2D eigenvalue weighted by atomic mass is 10.2. The summed E-state index contributed by atoms with van der Waals surface area (Å²) >= 11 is 0. The number of nitrogens with zero attached hydrogens (tertiary/aromatic N) is 2. The van der Waals surface area contributed by atoms with E-state index >= 15 is 0 Å². The molecule has 0 radical (unpaired) electrons. The van der Waals surface area contributed by atoms with E-state index in [1.54, 1.807) is 60.5 Å². The third-order valence-electron chi connectivity index (χ3n) is 5.09.